The fourth-order valence-corrected chi connectivity index (χ4v) is 3.49. The molecule has 6 nitrogen and oxygen atoms in total. The van der Waals surface area contributed by atoms with Crippen molar-refractivity contribution in [2.75, 3.05) is 45.7 Å². The minimum absolute atomic E-state index is 0.0788. The van der Waals surface area contributed by atoms with Crippen LogP contribution in [0.4, 0.5) is 10.1 Å². The molecule has 1 fully saturated rings. The van der Waals surface area contributed by atoms with E-state index < -0.39 is 0 Å². The highest BCUT2D eigenvalue weighted by atomic mass is 19.1. The highest BCUT2D eigenvalue weighted by molar-refractivity contribution is 5.94. The minimum atomic E-state index is -0.318. The molecule has 1 saturated heterocycles. The van der Waals surface area contributed by atoms with Gasteiger partial charge in [0.25, 0.3) is 0 Å². The van der Waals surface area contributed by atoms with Crippen LogP contribution in [0, 0.1) is 5.82 Å². The fraction of sp³-hybridized carbons (Fsp3) is 0.409. The Kier molecular flexibility index (Phi) is 7.06. The average molecular weight is 401 g/mol. The van der Waals surface area contributed by atoms with Crippen molar-refractivity contribution in [3.63, 3.8) is 0 Å². The van der Waals surface area contributed by atoms with Crippen molar-refractivity contribution in [1.29, 1.82) is 0 Å². The van der Waals surface area contributed by atoms with E-state index >= 15 is 0 Å². The summed E-state index contributed by atoms with van der Waals surface area (Å²) in [6.07, 6.45) is 0. The van der Waals surface area contributed by atoms with Gasteiger partial charge in [-0.3, -0.25) is 14.6 Å². The molecule has 1 atom stereocenters. The number of rotatable bonds is 7. The van der Waals surface area contributed by atoms with Gasteiger partial charge in [0.05, 0.1) is 20.3 Å². The third kappa shape index (κ3) is 5.46. The SMILES string of the molecule is COc1ccc(CN2CCN([C@H](C)C(=O)Nc3ccc(F)cc3)CC2)cc1OC. The quantitative estimate of drug-likeness (QED) is 0.773. The lowest BCUT2D eigenvalue weighted by Gasteiger charge is -2.37. The number of nitrogens with one attached hydrogen (secondary N) is 1. The number of carbonyl (C=O) groups is 1. The Balaban J connectivity index is 1.50. The first kappa shape index (κ1) is 21.1. The van der Waals surface area contributed by atoms with E-state index in [-0.39, 0.29) is 17.8 Å². The monoisotopic (exact) mass is 401 g/mol. The Morgan fingerprint density at radius 1 is 1.03 bits per heavy atom. The number of hydrogen-bond acceptors (Lipinski definition) is 5. The summed E-state index contributed by atoms with van der Waals surface area (Å²) in [4.78, 5) is 17.0. The highest BCUT2D eigenvalue weighted by Gasteiger charge is 2.25. The molecule has 0 bridgehead atoms. The zero-order valence-electron chi connectivity index (χ0n) is 17.2. The smallest absolute Gasteiger partial charge is 0.241 e. The summed E-state index contributed by atoms with van der Waals surface area (Å²) < 4.78 is 23.7. The molecule has 1 aliphatic heterocycles. The number of methoxy groups -OCH3 is 2. The van der Waals surface area contributed by atoms with Crippen molar-refractivity contribution in [3.8, 4) is 11.5 Å². The van der Waals surface area contributed by atoms with Crippen molar-refractivity contribution in [3.05, 3.63) is 53.8 Å². The lowest BCUT2D eigenvalue weighted by Crippen LogP contribution is -2.52. The van der Waals surface area contributed by atoms with Gasteiger partial charge in [0.2, 0.25) is 5.91 Å². The van der Waals surface area contributed by atoms with Gasteiger partial charge >= 0.3 is 0 Å². The van der Waals surface area contributed by atoms with Crippen LogP contribution in [0.25, 0.3) is 0 Å². The molecule has 0 aromatic heterocycles. The Morgan fingerprint density at radius 2 is 1.69 bits per heavy atom. The third-order valence-corrected chi connectivity index (χ3v) is 5.30. The van der Waals surface area contributed by atoms with E-state index in [4.69, 9.17) is 9.47 Å². The van der Waals surface area contributed by atoms with Crippen molar-refractivity contribution in [2.24, 2.45) is 0 Å². The molecule has 3 rings (SSSR count). The summed E-state index contributed by atoms with van der Waals surface area (Å²) in [5.74, 6) is 1.06. The maximum absolute atomic E-state index is 13.0. The van der Waals surface area contributed by atoms with E-state index in [0.717, 1.165) is 44.2 Å². The molecule has 2 aromatic carbocycles. The summed E-state index contributed by atoms with van der Waals surface area (Å²) in [7, 11) is 3.27. The number of benzene rings is 2. The zero-order valence-corrected chi connectivity index (χ0v) is 17.2. The standard InChI is InChI=1S/C22H28FN3O3/c1-16(22(27)24-19-7-5-18(23)6-8-19)26-12-10-25(11-13-26)15-17-4-9-20(28-2)21(14-17)29-3/h4-9,14,16H,10-13,15H2,1-3H3,(H,24,27)/t16-/m1/s1. The largest absolute Gasteiger partial charge is 0.493 e. The minimum Gasteiger partial charge on any atom is -0.493 e. The molecule has 0 radical (unpaired) electrons. The van der Waals surface area contributed by atoms with Crippen molar-refractivity contribution in [2.45, 2.75) is 19.5 Å². The van der Waals surface area contributed by atoms with E-state index in [1.165, 1.54) is 17.7 Å². The first-order valence-electron chi connectivity index (χ1n) is 9.74. The van der Waals surface area contributed by atoms with Crippen LogP contribution in [0.1, 0.15) is 12.5 Å². The molecule has 29 heavy (non-hydrogen) atoms. The van der Waals surface area contributed by atoms with Crippen LogP contribution >= 0.6 is 0 Å². The van der Waals surface area contributed by atoms with Crippen molar-refractivity contribution in [1.82, 2.24) is 9.80 Å². The van der Waals surface area contributed by atoms with Gasteiger partial charge in [-0.1, -0.05) is 6.07 Å². The normalized spacial score (nSPS) is 16.3. The Labute approximate surface area is 171 Å². The predicted octanol–water partition coefficient (Wildman–Crippen LogP) is 2.99. The van der Waals surface area contributed by atoms with Crippen LogP contribution < -0.4 is 14.8 Å². The highest BCUT2D eigenvalue weighted by Crippen LogP contribution is 2.28. The van der Waals surface area contributed by atoms with E-state index in [9.17, 15) is 9.18 Å². The number of piperazine rings is 1. The number of ether oxygens (including phenoxy) is 2. The van der Waals surface area contributed by atoms with Gasteiger partial charge in [-0.2, -0.15) is 0 Å². The molecule has 1 N–H and O–H groups in total. The maximum Gasteiger partial charge on any atom is 0.241 e. The van der Waals surface area contributed by atoms with E-state index in [2.05, 4.69) is 15.1 Å². The molecule has 0 spiro atoms. The van der Waals surface area contributed by atoms with Gasteiger partial charge < -0.3 is 14.8 Å². The molecule has 0 saturated carbocycles. The van der Waals surface area contributed by atoms with Crippen LogP contribution in [0.2, 0.25) is 0 Å². The molecule has 0 aliphatic carbocycles. The molecule has 1 aliphatic rings. The predicted molar refractivity (Wildman–Crippen MR) is 111 cm³/mol. The second-order valence-corrected chi connectivity index (χ2v) is 7.17. The Morgan fingerprint density at radius 3 is 2.31 bits per heavy atom. The molecular formula is C22H28FN3O3. The van der Waals surface area contributed by atoms with Crippen molar-refractivity contribution < 1.29 is 18.7 Å². The van der Waals surface area contributed by atoms with Gasteiger partial charge in [-0.05, 0) is 48.9 Å². The summed E-state index contributed by atoms with van der Waals surface area (Å²) in [6, 6.07) is 11.5. The van der Waals surface area contributed by atoms with Gasteiger partial charge in [0, 0.05) is 38.4 Å². The number of amides is 1. The molecule has 1 heterocycles. The molecular weight excluding hydrogens is 373 g/mol. The number of carbonyl (C=O) groups excluding carboxylic acids is 1. The molecule has 156 valence electrons. The zero-order chi connectivity index (χ0) is 20.8. The lowest BCUT2D eigenvalue weighted by atomic mass is 10.1. The van der Waals surface area contributed by atoms with Gasteiger partial charge in [-0.25, -0.2) is 4.39 Å². The second kappa shape index (κ2) is 9.71. The summed E-state index contributed by atoms with van der Waals surface area (Å²) in [5, 5.41) is 2.85. The summed E-state index contributed by atoms with van der Waals surface area (Å²) >= 11 is 0. The average Bonchev–Trinajstić information content (AvgIpc) is 2.75. The Hall–Kier alpha value is -2.64. The fourth-order valence-electron chi connectivity index (χ4n) is 3.49. The third-order valence-electron chi connectivity index (χ3n) is 5.30. The van der Waals surface area contributed by atoms with Crippen LogP contribution in [0.3, 0.4) is 0 Å². The molecule has 0 unspecified atom stereocenters. The summed E-state index contributed by atoms with van der Waals surface area (Å²) in [6.45, 7) is 6.11. The molecule has 1 amide bonds. The van der Waals surface area contributed by atoms with Crippen LogP contribution in [-0.4, -0.2) is 62.1 Å². The Bertz CT molecular complexity index is 821. The first-order valence-corrected chi connectivity index (χ1v) is 9.74. The van der Waals surface area contributed by atoms with E-state index in [1.807, 2.05) is 25.1 Å². The van der Waals surface area contributed by atoms with E-state index in [0.29, 0.717) is 5.69 Å². The lowest BCUT2D eigenvalue weighted by molar-refractivity contribution is -0.121. The van der Waals surface area contributed by atoms with Gasteiger partial charge in [-0.15, -0.1) is 0 Å². The number of nitrogens with zero attached hydrogens (tertiary/aromatic N) is 2. The summed E-state index contributed by atoms with van der Waals surface area (Å²) in [5.41, 5.74) is 1.77. The number of halogens is 1. The second-order valence-electron chi connectivity index (χ2n) is 7.17. The van der Waals surface area contributed by atoms with Crippen LogP contribution in [-0.2, 0) is 11.3 Å². The topological polar surface area (TPSA) is 54.0 Å². The van der Waals surface area contributed by atoms with Gasteiger partial charge in [0.15, 0.2) is 11.5 Å². The molecule has 2 aromatic rings. The van der Waals surface area contributed by atoms with Crippen LogP contribution in [0.15, 0.2) is 42.5 Å². The van der Waals surface area contributed by atoms with E-state index in [1.54, 1.807) is 26.4 Å². The van der Waals surface area contributed by atoms with Gasteiger partial charge in [0.1, 0.15) is 5.82 Å². The number of anilines is 1. The number of hydrogen-bond donors (Lipinski definition) is 1. The molecule has 7 heteroatoms. The maximum atomic E-state index is 13.0. The van der Waals surface area contributed by atoms with Crippen molar-refractivity contribution >= 4 is 11.6 Å². The first-order chi connectivity index (χ1) is 14.0. The van der Waals surface area contributed by atoms with Crippen LogP contribution in [0.5, 0.6) is 11.5 Å².